The first kappa shape index (κ1) is 28.8. The second kappa shape index (κ2) is 13.1. The van der Waals surface area contributed by atoms with E-state index < -0.39 is 6.04 Å². The monoisotopic (exact) mass is 559 g/mol. The van der Waals surface area contributed by atoms with Gasteiger partial charge in [0.25, 0.3) is 5.91 Å². The van der Waals surface area contributed by atoms with Crippen LogP contribution in [0.3, 0.4) is 0 Å². The summed E-state index contributed by atoms with van der Waals surface area (Å²) < 4.78 is 1.88. The molecule has 2 amide bonds. The summed E-state index contributed by atoms with van der Waals surface area (Å²) in [5.41, 5.74) is 3.15. The lowest BCUT2D eigenvalue weighted by molar-refractivity contribution is -0.113. The highest BCUT2D eigenvalue weighted by atomic mass is 35.5. The lowest BCUT2D eigenvalue weighted by Gasteiger charge is -2.21. The van der Waals surface area contributed by atoms with Crippen LogP contribution in [0.4, 0.5) is 5.69 Å². The molecule has 196 valence electrons. The quantitative estimate of drug-likeness (QED) is 0.203. The Labute approximate surface area is 232 Å². The van der Waals surface area contributed by atoms with E-state index in [1.807, 2.05) is 36.6 Å². The Morgan fingerprint density at radius 3 is 2.46 bits per heavy atom. The van der Waals surface area contributed by atoms with Crippen molar-refractivity contribution in [3.8, 4) is 0 Å². The average molecular weight is 561 g/mol. The van der Waals surface area contributed by atoms with Crippen molar-refractivity contribution in [2.75, 3.05) is 11.1 Å². The first-order valence-corrected chi connectivity index (χ1v) is 13.6. The molecule has 0 fully saturated rings. The lowest BCUT2D eigenvalue weighted by atomic mass is 10.0. The Morgan fingerprint density at radius 2 is 1.84 bits per heavy atom. The molecule has 3 rings (SSSR count). The van der Waals surface area contributed by atoms with Gasteiger partial charge in [0, 0.05) is 17.3 Å². The summed E-state index contributed by atoms with van der Waals surface area (Å²) in [6.07, 6.45) is 2.36. The van der Waals surface area contributed by atoms with E-state index >= 15 is 0 Å². The first-order valence-electron chi connectivity index (χ1n) is 11.9. The van der Waals surface area contributed by atoms with Crippen molar-refractivity contribution >= 4 is 52.5 Å². The van der Waals surface area contributed by atoms with E-state index in [-0.39, 0.29) is 28.5 Å². The summed E-state index contributed by atoms with van der Waals surface area (Å²) in [4.78, 5) is 25.8. The maximum Gasteiger partial charge on any atom is 0.253 e. The molecule has 2 aromatic carbocycles. The van der Waals surface area contributed by atoms with Crippen LogP contribution in [-0.4, -0.2) is 32.3 Å². The number of anilines is 1. The Kier molecular flexibility index (Phi) is 10.2. The van der Waals surface area contributed by atoms with Gasteiger partial charge in [0.15, 0.2) is 11.0 Å². The number of thioether (sulfide) groups is 1. The molecule has 0 bridgehead atoms. The molecule has 0 unspecified atom stereocenters. The number of aryl methyl sites for hydroxylation is 2. The summed E-state index contributed by atoms with van der Waals surface area (Å²) in [6, 6.07) is 10.2. The molecule has 1 aromatic heterocycles. The number of halogens is 2. The van der Waals surface area contributed by atoms with Crippen LogP contribution in [0.25, 0.3) is 0 Å². The van der Waals surface area contributed by atoms with Gasteiger partial charge in [-0.15, -0.1) is 16.8 Å². The molecule has 2 N–H and O–H groups in total. The van der Waals surface area contributed by atoms with Crippen molar-refractivity contribution in [3.63, 3.8) is 0 Å². The van der Waals surface area contributed by atoms with Crippen LogP contribution in [0.15, 0.2) is 54.2 Å². The van der Waals surface area contributed by atoms with E-state index in [1.54, 1.807) is 18.2 Å². The lowest BCUT2D eigenvalue weighted by Crippen LogP contribution is -2.32. The van der Waals surface area contributed by atoms with Crippen molar-refractivity contribution in [2.45, 2.75) is 51.9 Å². The molecule has 3 aromatic rings. The Morgan fingerprint density at radius 1 is 1.14 bits per heavy atom. The normalized spacial score (nSPS) is 11.9. The highest BCUT2D eigenvalue weighted by molar-refractivity contribution is 7.99. The molecule has 0 saturated heterocycles. The van der Waals surface area contributed by atoms with E-state index in [4.69, 9.17) is 23.2 Å². The largest absolute Gasteiger partial charge is 0.342 e. The third kappa shape index (κ3) is 7.60. The smallest absolute Gasteiger partial charge is 0.253 e. The standard InChI is InChI=1S/C27H31Cl2N5O2S/c1-6-12-34-25(22(13-16(2)3)30-26(36)20-11-10-19(28)14-21(20)29)32-33-27(34)37-15-23(35)31-24-17(4)8-7-9-18(24)5/h6-11,14,16,22H,1,12-13,15H2,2-5H3,(H,30,36)(H,31,35)/t22-/m0/s1. The van der Waals surface area contributed by atoms with Crippen molar-refractivity contribution in [1.82, 2.24) is 20.1 Å². The van der Waals surface area contributed by atoms with Gasteiger partial charge < -0.3 is 15.2 Å². The number of nitrogens with one attached hydrogen (secondary N) is 2. The fourth-order valence-electron chi connectivity index (χ4n) is 3.89. The molecule has 37 heavy (non-hydrogen) atoms. The summed E-state index contributed by atoms with van der Waals surface area (Å²) in [7, 11) is 0. The van der Waals surface area contributed by atoms with E-state index in [0.717, 1.165) is 16.8 Å². The number of amides is 2. The highest BCUT2D eigenvalue weighted by Crippen LogP contribution is 2.27. The summed E-state index contributed by atoms with van der Waals surface area (Å²) in [5, 5.41) is 16.1. The van der Waals surface area contributed by atoms with Gasteiger partial charge in [0.2, 0.25) is 5.91 Å². The summed E-state index contributed by atoms with van der Waals surface area (Å²) in [6.45, 7) is 12.3. The molecular weight excluding hydrogens is 529 g/mol. The van der Waals surface area contributed by atoms with Crippen LogP contribution in [0, 0.1) is 19.8 Å². The Bertz CT molecular complexity index is 1270. The molecule has 1 atom stereocenters. The molecule has 0 aliphatic carbocycles. The van der Waals surface area contributed by atoms with Gasteiger partial charge in [-0.3, -0.25) is 9.59 Å². The molecule has 0 radical (unpaired) electrons. The fourth-order valence-corrected chi connectivity index (χ4v) is 5.14. The number of carbonyl (C=O) groups is 2. The summed E-state index contributed by atoms with van der Waals surface area (Å²) >= 11 is 13.5. The zero-order valence-corrected chi connectivity index (χ0v) is 23.7. The van der Waals surface area contributed by atoms with Crippen LogP contribution < -0.4 is 10.6 Å². The van der Waals surface area contributed by atoms with E-state index in [1.165, 1.54) is 17.8 Å². The van der Waals surface area contributed by atoms with Crippen LogP contribution in [-0.2, 0) is 11.3 Å². The zero-order valence-electron chi connectivity index (χ0n) is 21.3. The third-order valence-electron chi connectivity index (χ3n) is 5.63. The van der Waals surface area contributed by atoms with Gasteiger partial charge in [0.05, 0.1) is 22.4 Å². The topological polar surface area (TPSA) is 88.9 Å². The van der Waals surface area contributed by atoms with E-state index in [2.05, 4.69) is 41.3 Å². The molecular formula is C27H31Cl2N5O2S. The second-order valence-electron chi connectivity index (χ2n) is 9.12. The number of para-hydroxylation sites is 1. The first-order chi connectivity index (χ1) is 17.6. The second-order valence-corrected chi connectivity index (χ2v) is 10.9. The van der Waals surface area contributed by atoms with Gasteiger partial charge in [0.1, 0.15) is 0 Å². The molecule has 0 spiro atoms. The minimum absolute atomic E-state index is 0.137. The maximum atomic E-state index is 13.1. The number of benzene rings is 2. The molecule has 0 saturated carbocycles. The highest BCUT2D eigenvalue weighted by Gasteiger charge is 2.25. The van der Waals surface area contributed by atoms with E-state index in [9.17, 15) is 9.59 Å². The van der Waals surface area contributed by atoms with E-state index in [0.29, 0.717) is 34.5 Å². The van der Waals surface area contributed by atoms with Gasteiger partial charge >= 0.3 is 0 Å². The van der Waals surface area contributed by atoms with Crippen LogP contribution in [0.2, 0.25) is 10.0 Å². The number of hydrogen-bond acceptors (Lipinski definition) is 5. The van der Waals surface area contributed by atoms with Gasteiger partial charge in [-0.05, 0) is 55.5 Å². The summed E-state index contributed by atoms with van der Waals surface area (Å²) in [5.74, 6) is 0.540. The number of hydrogen-bond donors (Lipinski definition) is 2. The molecule has 1 heterocycles. The minimum Gasteiger partial charge on any atom is -0.342 e. The Hall–Kier alpha value is -2.81. The SMILES string of the molecule is C=CCn1c(SCC(=O)Nc2c(C)cccc2C)nnc1[C@H](CC(C)C)NC(=O)c1ccc(Cl)cc1Cl. The molecule has 0 aliphatic heterocycles. The zero-order chi connectivity index (χ0) is 27.1. The average Bonchev–Trinajstić information content (AvgIpc) is 3.22. The van der Waals surface area contributed by atoms with Gasteiger partial charge in [-0.2, -0.15) is 0 Å². The molecule has 0 aliphatic rings. The number of allylic oxidation sites excluding steroid dienone is 1. The van der Waals surface area contributed by atoms with Crippen LogP contribution in [0.5, 0.6) is 0 Å². The number of rotatable bonds is 11. The van der Waals surface area contributed by atoms with Crippen molar-refractivity contribution in [3.05, 3.63) is 81.6 Å². The third-order valence-corrected chi connectivity index (χ3v) is 7.15. The van der Waals surface area contributed by atoms with Gasteiger partial charge in [-0.25, -0.2) is 0 Å². The Balaban J connectivity index is 1.80. The number of carbonyl (C=O) groups excluding carboxylic acids is 2. The predicted molar refractivity (Wildman–Crippen MR) is 152 cm³/mol. The number of nitrogens with zero attached hydrogens (tertiary/aromatic N) is 3. The minimum atomic E-state index is -0.426. The van der Waals surface area contributed by atoms with Gasteiger partial charge in [-0.1, -0.05) is 73.1 Å². The number of aromatic nitrogens is 3. The maximum absolute atomic E-state index is 13.1. The fraction of sp³-hybridized carbons (Fsp3) is 0.333. The molecule has 10 heteroatoms. The van der Waals surface area contributed by atoms with Crippen LogP contribution in [0.1, 0.15) is 53.6 Å². The molecule has 7 nitrogen and oxygen atoms in total. The van der Waals surface area contributed by atoms with Crippen LogP contribution >= 0.6 is 35.0 Å². The van der Waals surface area contributed by atoms with Crippen molar-refractivity contribution < 1.29 is 9.59 Å². The van der Waals surface area contributed by atoms with Crippen molar-refractivity contribution in [2.24, 2.45) is 5.92 Å². The van der Waals surface area contributed by atoms with Crippen molar-refractivity contribution in [1.29, 1.82) is 0 Å². The predicted octanol–water partition coefficient (Wildman–Crippen LogP) is 6.64.